The van der Waals surface area contributed by atoms with Crippen LogP contribution in [0.25, 0.3) is 22.2 Å². The summed E-state index contributed by atoms with van der Waals surface area (Å²) in [7, 11) is 1.64. The normalized spacial score (nSPS) is 11.3. The second kappa shape index (κ2) is 2.70. The first-order valence-corrected chi connectivity index (χ1v) is 4.60. The smallest absolute Gasteiger partial charge is 0.279 e. The second-order valence-corrected chi connectivity index (χ2v) is 3.42. The summed E-state index contributed by atoms with van der Waals surface area (Å²) in [4.78, 5) is 11.6. The first-order chi connectivity index (χ1) is 7.27. The molecule has 0 amide bonds. The number of nitrogens with zero attached hydrogens (tertiary/aromatic N) is 2. The summed E-state index contributed by atoms with van der Waals surface area (Å²) < 4.78 is 6.69. The fourth-order valence-electron chi connectivity index (χ4n) is 1.72. The van der Waals surface area contributed by atoms with E-state index in [-0.39, 0.29) is 5.56 Å². The van der Waals surface area contributed by atoms with Crippen molar-refractivity contribution in [3.63, 3.8) is 0 Å². The summed E-state index contributed by atoms with van der Waals surface area (Å²) in [5, 5.41) is 5.05. The summed E-state index contributed by atoms with van der Waals surface area (Å²) >= 11 is 0. The predicted octanol–water partition coefficient (Wildman–Crippen LogP) is 1.63. The van der Waals surface area contributed by atoms with Crippen molar-refractivity contribution in [1.29, 1.82) is 0 Å². The number of para-hydroxylation sites is 1. The lowest BCUT2D eigenvalue weighted by molar-refractivity contribution is 0.605. The van der Waals surface area contributed by atoms with Crippen LogP contribution in [-0.2, 0) is 7.05 Å². The number of fused-ring (bicyclic) bond motifs is 3. The van der Waals surface area contributed by atoms with E-state index < -0.39 is 0 Å². The van der Waals surface area contributed by atoms with E-state index in [1.807, 2.05) is 24.3 Å². The fraction of sp³-hybridized carbons (Fsp3) is 0.0909. The number of rotatable bonds is 0. The summed E-state index contributed by atoms with van der Waals surface area (Å²) in [6, 6.07) is 7.54. The Hall–Kier alpha value is -2.10. The number of aromatic nitrogens is 2. The zero-order valence-corrected chi connectivity index (χ0v) is 8.10. The van der Waals surface area contributed by atoms with Crippen LogP contribution in [0.15, 0.2) is 39.7 Å². The minimum atomic E-state index is -0.125. The van der Waals surface area contributed by atoms with Crippen molar-refractivity contribution in [3.8, 4) is 11.3 Å². The average Bonchev–Trinajstić information content (AvgIpc) is 2.56. The van der Waals surface area contributed by atoms with Gasteiger partial charge in [0.05, 0.1) is 0 Å². The van der Waals surface area contributed by atoms with E-state index in [1.165, 1.54) is 10.9 Å². The van der Waals surface area contributed by atoms with Gasteiger partial charge in [0.15, 0.2) is 0 Å². The molecular formula is C11H8N2O2. The minimum Gasteiger partial charge on any atom is -0.463 e. The van der Waals surface area contributed by atoms with Crippen LogP contribution in [0, 0.1) is 0 Å². The van der Waals surface area contributed by atoms with Gasteiger partial charge in [0.25, 0.3) is 5.56 Å². The van der Waals surface area contributed by atoms with Crippen LogP contribution in [0.2, 0.25) is 0 Å². The lowest BCUT2D eigenvalue weighted by atomic mass is 10.1. The van der Waals surface area contributed by atoms with Gasteiger partial charge in [-0.2, -0.15) is 5.10 Å². The molecule has 0 atom stereocenters. The van der Waals surface area contributed by atoms with Crippen LogP contribution in [0.4, 0.5) is 0 Å². The quantitative estimate of drug-likeness (QED) is 0.554. The maximum atomic E-state index is 11.6. The molecule has 2 aliphatic heterocycles. The van der Waals surface area contributed by atoms with Crippen molar-refractivity contribution in [1.82, 2.24) is 9.78 Å². The van der Waals surface area contributed by atoms with Gasteiger partial charge in [0.1, 0.15) is 23.1 Å². The van der Waals surface area contributed by atoms with E-state index in [2.05, 4.69) is 5.10 Å². The molecule has 0 bridgehead atoms. The van der Waals surface area contributed by atoms with Crippen molar-refractivity contribution in [2.45, 2.75) is 0 Å². The van der Waals surface area contributed by atoms with Crippen molar-refractivity contribution in [2.75, 3.05) is 0 Å². The number of benzene rings is 1. The Morgan fingerprint density at radius 1 is 1.33 bits per heavy atom. The minimum absolute atomic E-state index is 0.125. The van der Waals surface area contributed by atoms with E-state index in [1.54, 1.807) is 7.05 Å². The molecule has 3 rings (SSSR count). The molecule has 0 N–H and O–H groups in total. The molecule has 0 aromatic heterocycles. The maximum absolute atomic E-state index is 11.6. The molecule has 2 heterocycles. The molecule has 0 aliphatic carbocycles. The highest BCUT2D eigenvalue weighted by Gasteiger charge is 2.16. The second-order valence-electron chi connectivity index (χ2n) is 3.42. The molecule has 2 aliphatic rings. The van der Waals surface area contributed by atoms with Gasteiger partial charge in [-0.15, -0.1) is 0 Å². The van der Waals surface area contributed by atoms with Gasteiger partial charge < -0.3 is 4.42 Å². The monoisotopic (exact) mass is 200 g/mol. The van der Waals surface area contributed by atoms with Crippen LogP contribution in [-0.4, -0.2) is 9.78 Å². The molecule has 15 heavy (non-hydrogen) atoms. The molecule has 0 radical (unpaired) electrons. The Labute approximate surface area is 85.1 Å². The Bertz CT molecular complexity index is 666. The summed E-state index contributed by atoms with van der Waals surface area (Å²) in [6.07, 6.45) is 1.47. The van der Waals surface area contributed by atoms with Crippen molar-refractivity contribution >= 4 is 11.0 Å². The third-order valence-electron chi connectivity index (χ3n) is 2.48. The Balaban J connectivity index is 2.59. The standard InChI is InChI=1S/C11H8N2O2/c1-13-11(14)8-6-15-9-5-3-2-4-7(9)10(8)12-13/h2-6H,1H3. The number of hydrogen-bond donors (Lipinski definition) is 0. The highest BCUT2D eigenvalue weighted by Crippen LogP contribution is 2.26. The van der Waals surface area contributed by atoms with E-state index >= 15 is 0 Å². The van der Waals surface area contributed by atoms with E-state index in [0.717, 1.165) is 11.0 Å². The highest BCUT2D eigenvalue weighted by molar-refractivity contribution is 5.91. The van der Waals surface area contributed by atoms with Crippen molar-refractivity contribution in [3.05, 3.63) is 40.9 Å². The average molecular weight is 200 g/mol. The molecule has 0 saturated heterocycles. The first-order valence-electron chi connectivity index (χ1n) is 4.60. The van der Waals surface area contributed by atoms with Gasteiger partial charge in [-0.1, -0.05) is 12.1 Å². The van der Waals surface area contributed by atoms with Crippen LogP contribution >= 0.6 is 0 Å². The topological polar surface area (TPSA) is 48.0 Å². The molecule has 74 valence electrons. The van der Waals surface area contributed by atoms with Crippen LogP contribution in [0.5, 0.6) is 0 Å². The Morgan fingerprint density at radius 2 is 2.13 bits per heavy atom. The molecule has 4 heteroatoms. The van der Waals surface area contributed by atoms with Gasteiger partial charge in [0.2, 0.25) is 0 Å². The van der Waals surface area contributed by atoms with E-state index in [4.69, 9.17) is 4.42 Å². The van der Waals surface area contributed by atoms with Gasteiger partial charge >= 0.3 is 0 Å². The largest absolute Gasteiger partial charge is 0.463 e. The van der Waals surface area contributed by atoms with Gasteiger partial charge in [-0.3, -0.25) is 4.79 Å². The van der Waals surface area contributed by atoms with Gasteiger partial charge in [-0.25, -0.2) is 4.68 Å². The lowest BCUT2D eigenvalue weighted by Crippen LogP contribution is -2.11. The third kappa shape index (κ3) is 1.01. The van der Waals surface area contributed by atoms with Crippen molar-refractivity contribution < 1.29 is 4.42 Å². The van der Waals surface area contributed by atoms with E-state index in [9.17, 15) is 4.79 Å². The Morgan fingerprint density at radius 3 is 3.00 bits per heavy atom. The zero-order chi connectivity index (χ0) is 10.4. The molecule has 0 fully saturated rings. The molecule has 0 saturated carbocycles. The van der Waals surface area contributed by atoms with Crippen LogP contribution in [0.3, 0.4) is 0 Å². The van der Waals surface area contributed by atoms with Crippen LogP contribution in [0.1, 0.15) is 0 Å². The molecular weight excluding hydrogens is 192 g/mol. The van der Waals surface area contributed by atoms with Gasteiger partial charge in [0, 0.05) is 12.4 Å². The molecule has 0 spiro atoms. The summed E-state index contributed by atoms with van der Waals surface area (Å²) in [5.41, 5.74) is 1.84. The molecule has 0 unspecified atom stereocenters. The number of hydrogen-bond acceptors (Lipinski definition) is 3. The zero-order valence-electron chi connectivity index (χ0n) is 8.10. The lowest BCUT2D eigenvalue weighted by Gasteiger charge is -1.99. The first kappa shape index (κ1) is 8.23. The maximum Gasteiger partial charge on any atom is 0.279 e. The number of aryl methyl sites for hydroxylation is 1. The highest BCUT2D eigenvalue weighted by atomic mass is 16.3. The predicted molar refractivity (Wildman–Crippen MR) is 55.9 cm³/mol. The molecule has 1 aromatic carbocycles. The Kier molecular flexibility index (Phi) is 1.48. The molecule has 1 aromatic rings. The van der Waals surface area contributed by atoms with Crippen molar-refractivity contribution in [2.24, 2.45) is 7.05 Å². The SMILES string of the molecule is Cn1nc2c3ccccc3occ-2c1=O. The molecule has 4 nitrogen and oxygen atoms in total. The van der Waals surface area contributed by atoms with Gasteiger partial charge in [-0.05, 0) is 12.1 Å². The third-order valence-corrected chi connectivity index (χ3v) is 2.48. The fourth-order valence-corrected chi connectivity index (χ4v) is 1.72. The van der Waals surface area contributed by atoms with E-state index in [0.29, 0.717) is 11.3 Å². The van der Waals surface area contributed by atoms with Crippen LogP contribution < -0.4 is 5.56 Å². The summed E-state index contributed by atoms with van der Waals surface area (Å²) in [5.74, 6) is 0. The summed E-state index contributed by atoms with van der Waals surface area (Å²) in [6.45, 7) is 0.